The summed E-state index contributed by atoms with van der Waals surface area (Å²) in [5.41, 5.74) is 0.935. The van der Waals surface area contributed by atoms with Crippen LogP contribution in [0, 0.1) is 5.13 Å². The molecule has 0 radical (unpaired) electrons. The third-order valence-electron chi connectivity index (χ3n) is 2.51. The summed E-state index contributed by atoms with van der Waals surface area (Å²) in [5, 5.41) is 7.96. The summed E-state index contributed by atoms with van der Waals surface area (Å²) in [6.07, 6.45) is 0. The molecular weight excluding hydrogens is 323 g/mol. The van der Waals surface area contributed by atoms with Crippen LogP contribution in [0.4, 0.5) is 4.39 Å². The first-order valence-electron chi connectivity index (χ1n) is 5.52. The lowest BCUT2D eigenvalue weighted by Crippen LogP contribution is -2.13. The molecule has 4 nitrogen and oxygen atoms in total. The highest BCUT2D eigenvalue weighted by molar-refractivity contribution is 7.89. The Bertz CT molecular complexity index is 656. The van der Waals surface area contributed by atoms with Crippen LogP contribution < -0.4 is 10.5 Å². The summed E-state index contributed by atoms with van der Waals surface area (Å²) < 4.78 is 34.9. The largest absolute Gasteiger partial charge is 0.308 e. The molecule has 0 saturated heterocycles. The van der Waals surface area contributed by atoms with Gasteiger partial charge < -0.3 is 5.32 Å². The number of thiophene rings is 1. The molecule has 0 bridgehead atoms. The van der Waals surface area contributed by atoms with Gasteiger partial charge in [0.15, 0.2) is 5.13 Å². The molecule has 0 aliphatic carbocycles. The van der Waals surface area contributed by atoms with Gasteiger partial charge in [-0.25, -0.2) is 13.6 Å². The van der Waals surface area contributed by atoms with E-state index in [0.717, 1.165) is 21.8 Å². The minimum atomic E-state index is -3.64. The summed E-state index contributed by atoms with van der Waals surface area (Å²) in [4.78, 5) is 1.01. The fourth-order valence-electron chi connectivity index (χ4n) is 1.57. The van der Waals surface area contributed by atoms with E-state index in [-0.39, 0.29) is 22.4 Å². The van der Waals surface area contributed by atoms with Gasteiger partial charge in [0.25, 0.3) is 0 Å². The van der Waals surface area contributed by atoms with Crippen molar-refractivity contribution in [2.75, 3.05) is 0 Å². The molecule has 1 aromatic carbocycles. The lowest BCUT2D eigenvalue weighted by atomic mass is 10.2. The molecule has 1 heterocycles. The first-order valence-corrected chi connectivity index (χ1v) is 7.88. The molecule has 8 heteroatoms. The van der Waals surface area contributed by atoms with Crippen molar-refractivity contribution in [3.05, 3.63) is 52.0 Å². The summed E-state index contributed by atoms with van der Waals surface area (Å²) in [6, 6.07) is 9.50. The lowest BCUT2D eigenvalue weighted by molar-refractivity contribution is 0.597. The molecular formula is C12H14ClFN2O2S2. The van der Waals surface area contributed by atoms with Gasteiger partial charge >= 0.3 is 0 Å². The van der Waals surface area contributed by atoms with Gasteiger partial charge in [-0.15, -0.1) is 23.7 Å². The van der Waals surface area contributed by atoms with Crippen molar-refractivity contribution in [1.29, 1.82) is 0 Å². The van der Waals surface area contributed by atoms with Crippen molar-refractivity contribution >= 4 is 33.8 Å². The SMILES string of the molecule is Cl.NS(=O)(=O)c1ccc(CNCc2ccc(F)s2)cc1. The fourth-order valence-corrected chi connectivity index (χ4v) is 2.79. The Morgan fingerprint density at radius 1 is 1.10 bits per heavy atom. The molecule has 0 aliphatic rings. The Balaban J connectivity index is 0.00000200. The van der Waals surface area contributed by atoms with Gasteiger partial charge in [0.05, 0.1) is 4.90 Å². The number of halogens is 2. The van der Waals surface area contributed by atoms with Crippen LogP contribution in [0.15, 0.2) is 41.3 Å². The third-order valence-corrected chi connectivity index (χ3v) is 4.31. The highest BCUT2D eigenvalue weighted by Gasteiger charge is 2.06. The Labute approximate surface area is 127 Å². The van der Waals surface area contributed by atoms with Crippen molar-refractivity contribution in [3.63, 3.8) is 0 Å². The van der Waals surface area contributed by atoms with Crippen LogP contribution in [0.2, 0.25) is 0 Å². The second-order valence-electron chi connectivity index (χ2n) is 4.00. The number of sulfonamides is 1. The number of primary sulfonamides is 1. The van der Waals surface area contributed by atoms with Crippen LogP contribution in [-0.4, -0.2) is 8.42 Å². The summed E-state index contributed by atoms with van der Waals surface area (Å²) in [6.45, 7) is 1.15. The predicted molar refractivity (Wildman–Crippen MR) is 79.9 cm³/mol. The molecule has 0 atom stereocenters. The first kappa shape index (κ1) is 17.1. The van der Waals surface area contributed by atoms with E-state index in [1.165, 1.54) is 18.2 Å². The number of rotatable bonds is 5. The van der Waals surface area contributed by atoms with Crippen LogP contribution in [0.25, 0.3) is 0 Å². The van der Waals surface area contributed by atoms with Crippen molar-refractivity contribution in [2.24, 2.45) is 5.14 Å². The van der Waals surface area contributed by atoms with Gasteiger partial charge in [-0.1, -0.05) is 12.1 Å². The molecule has 110 valence electrons. The predicted octanol–water partition coefficient (Wildman–Crippen LogP) is 2.25. The van der Waals surface area contributed by atoms with Crippen LogP contribution in [0.5, 0.6) is 0 Å². The van der Waals surface area contributed by atoms with E-state index in [4.69, 9.17) is 5.14 Å². The minimum absolute atomic E-state index is 0. The molecule has 2 rings (SSSR count). The number of benzene rings is 1. The molecule has 1 aromatic heterocycles. The van der Waals surface area contributed by atoms with Gasteiger partial charge in [0.2, 0.25) is 10.0 Å². The normalized spacial score (nSPS) is 11.1. The Morgan fingerprint density at radius 2 is 1.75 bits per heavy atom. The quantitative estimate of drug-likeness (QED) is 0.879. The van der Waals surface area contributed by atoms with E-state index in [1.54, 1.807) is 18.2 Å². The molecule has 3 N–H and O–H groups in total. The Kier molecular flexibility index (Phi) is 6.09. The van der Waals surface area contributed by atoms with Crippen molar-refractivity contribution < 1.29 is 12.8 Å². The average molecular weight is 337 g/mol. The van der Waals surface area contributed by atoms with Gasteiger partial charge in [-0.2, -0.15) is 4.39 Å². The molecule has 0 unspecified atom stereocenters. The number of nitrogens with one attached hydrogen (secondary N) is 1. The summed E-state index contributed by atoms with van der Waals surface area (Å²) in [7, 11) is -3.64. The zero-order chi connectivity index (χ0) is 13.9. The Morgan fingerprint density at radius 3 is 2.25 bits per heavy atom. The van der Waals surface area contributed by atoms with Gasteiger partial charge in [0.1, 0.15) is 0 Å². The Hall–Kier alpha value is -0.990. The average Bonchev–Trinajstić information content (AvgIpc) is 2.75. The second kappa shape index (κ2) is 7.14. The van der Waals surface area contributed by atoms with Crippen LogP contribution in [-0.2, 0) is 23.1 Å². The fraction of sp³-hybridized carbons (Fsp3) is 0.167. The van der Waals surface area contributed by atoms with E-state index in [2.05, 4.69) is 5.32 Å². The number of nitrogens with two attached hydrogens (primary N) is 1. The molecule has 0 spiro atoms. The highest BCUT2D eigenvalue weighted by Crippen LogP contribution is 2.14. The van der Waals surface area contributed by atoms with Crippen molar-refractivity contribution in [1.82, 2.24) is 5.32 Å². The molecule has 20 heavy (non-hydrogen) atoms. The van der Waals surface area contributed by atoms with Crippen molar-refractivity contribution in [3.8, 4) is 0 Å². The van der Waals surface area contributed by atoms with E-state index in [0.29, 0.717) is 13.1 Å². The van der Waals surface area contributed by atoms with Crippen LogP contribution >= 0.6 is 23.7 Å². The lowest BCUT2D eigenvalue weighted by Gasteiger charge is -2.04. The van der Waals surface area contributed by atoms with E-state index >= 15 is 0 Å². The summed E-state index contributed by atoms with van der Waals surface area (Å²) >= 11 is 1.10. The maximum atomic E-state index is 12.8. The smallest absolute Gasteiger partial charge is 0.238 e. The van der Waals surface area contributed by atoms with Crippen LogP contribution in [0.1, 0.15) is 10.4 Å². The maximum Gasteiger partial charge on any atom is 0.238 e. The topological polar surface area (TPSA) is 72.2 Å². The monoisotopic (exact) mass is 336 g/mol. The van der Waals surface area contributed by atoms with E-state index < -0.39 is 10.0 Å². The third kappa shape index (κ3) is 4.84. The standard InChI is InChI=1S/C12H13FN2O2S2.ClH/c13-12-6-3-10(18-12)8-15-7-9-1-4-11(5-2-9)19(14,16)17;/h1-6,15H,7-8H2,(H2,14,16,17);1H. The number of hydrogen-bond acceptors (Lipinski definition) is 4. The zero-order valence-electron chi connectivity index (χ0n) is 10.4. The second-order valence-corrected chi connectivity index (χ2v) is 6.68. The first-order chi connectivity index (χ1) is 8.95. The zero-order valence-corrected chi connectivity index (χ0v) is 12.8. The van der Waals surface area contributed by atoms with Crippen molar-refractivity contribution in [2.45, 2.75) is 18.0 Å². The van der Waals surface area contributed by atoms with Gasteiger partial charge in [0, 0.05) is 18.0 Å². The van der Waals surface area contributed by atoms with E-state index in [1.807, 2.05) is 0 Å². The van der Waals surface area contributed by atoms with E-state index in [9.17, 15) is 12.8 Å². The maximum absolute atomic E-state index is 12.8. The van der Waals surface area contributed by atoms with Crippen LogP contribution in [0.3, 0.4) is 0 Å². The molecule has 0 aliphatic heterocycles. The highest BCUT2D eigenvalue weighted by atomic mass is 35.5. The molecule has 0 saturated carbocycles. The van der Waals surface area contributed by atoms with Gasteiger partial charge in [-0.05, 0) is 29.8 Å². The summed E-state index contributed by atoms with van der Waals surface area (Å²) in [5.74, 6) is 0. The molecule has 0 amide bonds. The molecule has 0 fully saturated rings. The minimum Gasteiger partial charge on any atom is -0.308 e. The molecule has 2 aromatic rings. The van der Waals surface area contributed by atoms with Gasteiger partial charge in [-0.3, -0.25) is 0 Å². The number of hydrogen-bond donors (Lipinski definition) is 2.